The number of rotatable bonds is 3. The van der Waals surface area contributed by atoms with Crippen LogP contribution in [0.4, 0.5) is 18.0 Å². The van der Waals surface area contributed by atoms with Crippen molar-refractivity contribution in [3.05, 3.63) is 0 Å². The topological polar surface area (TPSA) is 67.1 Å². The second kappa shape index (κ2) is 4.50. The van der Waals surface area contributed by atoms with Gasteiger partial charge in [0, 0.05) is 12.1 Å². The van der Waals surface area contributed by atoms with Crippen LogP contribution in [0.25, 0.3) is 0 Å². The van der Waals surface area contributed by atoms with Crippen LogP contribution in [0.5, 0.6) is 0 Å². The van der Waals surface area contributed by atoms with Crippen LogP contribution in [0.3, 0.4) is 0 Å². The maximum atomic E-state index is 11.7. The average molecular weight is 213 g/mol. The van der Waals surface area contributed by atoms with Crippen LogP contribution in [0.2, 0.25) is 0 Å². The Balaban J connectivity index is 3.89. The van der Waals surface area contributed by atoms with Crippen LogP contribution in [0.1, 0.15) is 13.8 Å². The third-order valence-electron chi connectivity index (χ3n) is 1.41. The molecule has 0 unspecified atom stereocenters. The Morgan fingerprint density at radius 3 is 2.21 bits per heavy atom. The van der Waals surface area contributed by atoms with Gasteiger partial charge < -0.3 is 16.4 Å². The van der Waals surface area contributed by atoms with Crippen molar-refractivity contribution in [2.24, 2.45) is 5.73 Å². The van der Waals surface area contributed by atoms with Gasteiger partial charge in [-0.05, 0) is 13.8 Å². The first-order valence-electron chi connectivity index (χ1n) is 3.99. The Labute approximate surface area is 80.0 Å². The van der Waals surface area contributed by atoms with Gasteiger partial charge in [-0.2, -0.15) is 13.2 Å². The average Bonchev–Trinajstić information content (AvgIpc) is 1.99. The van der Waals surface area contributed by atoms with Gasteiger partial charge in [0.25, 0.3) is 0 Å². The van der Waals surface area contributed by atoms with E-state index in [-0.39, 0.29) is 6.54 Å². The normalized spacial score (nSPS) is 12.4. The number of carbonyl (C=O) groups is 1. The lowest BCUT2D eigenvalue weighted by Crippen LogP contribution is -2.53. The van der Waals surface area contributed by atoms with E-state index in [0.29, 0.717) is 0 Å². The summed E-state index contributed by atoms with van der Waals surface area (Å²) in [6, 6.07) is -0.877. The summed E-state index contributed by atoms with van der Waals surface area (Å²) in [5.41, 5.74) is 4.56. The Morgan fingerprint density at radius 2 is 1.86 bits per heavy atom. The third kappa shape index (κ3) is 6.53. The molecule has 0 aliphatic rings. The number of hydrogen-bond acceptors (Lipinski definition) is 2. The Morgan fingerprint density at radius 1 is 1.36 bits per heavy atom. The van der Waals surface area contributed by atoms with Crippen molar-refractivity contribution < 1.29 is 18.0 Å². The molecule has 14 heavy (non-hydrogen) atoms. The van der Waals surface area contributed by atoms with Gasteiger partial charge in [-0.1, -0.05) is 0 Å². The monoisotopic (exact) mass is 213 g/mol. The van der Waals surface area contributed by atoms with Gasteiger partial charge in [-0.15, -0.1) is 0 Å². The molecule has 2 amide bonds. The highest BCUT2D eigenvalue weighted by molar-refractivity contribution is 5.74. The van der Waals surface area contributed by atoms with Gasteiger partial charge in [0.2, 0.25) is 0 Å². The number of hydrogen-bond donors (Lipinski definition) is 3. The van der Waals surface area contributed by atoms with Gasteiger partial charge >= 0.3 is 12.2 Å². The number of urea groups is 1. The van der Waals surface area contributed by atoms with Crippen molar-refractivity contribution in [2.75, 3.05) is 13.1 Å². The molecule has 0 aliphatic heterocycles. The lowest BCUT2D eigenvalue weighted by atomic mass is 10.1. The van der Waals surface area contributed by atoms with Crippen LogP contribution < -0.4 is 16.4 Å². The number of nitrogens with two attached hydrogens (primary N) is 1. The second-order valence-electron chi connectivity index (χ2n) is 3.51. The number of nitrogens with one attached hydrogen (secondary N) is 2. The molecule has 0 radical (unpaired) electrons. The minimum Gasteiger partial charge on any atom is -0.332 e. The van der Waals surface area contributed by atoms with Crippen LogP contribution >= 0.6 is 0 Å². The second-order valence-corrected chi connectivity index (χ2v) is 3.51. The summed E-state index contributed by atoms with van der Waals surface area (Å²) in [7, 11) is 0. The van der Waals surface area contributed by atoms with E-state index in [2.05, 4.69) is 5.32 Å². The van der Waals surface area contributed by atoms with Gasteiger partial charge in [-0.25, -0.2) is 4.79 Å². The maximum absolute atomic E-state index is 11.7. The zero-order valence-corrected chi connectivity index (χ0v) is 8.03. The molecule has 0 rings (SSSR count). The smallest absolute Gasteiger partial charge is 0.332 e. The fraction of sp³-hybridized carbons (Fsp3) is 0.857. The lowest BCUT2D eigenvalue weighted by Gasteiger charge is -2.24. The molecule has 0 heterocycles. The van der Waals surface area contributed by atoms with Crippen LogP contribution in [0.15, 0.2) is 0 Å². The molecule has 7 heteroatoms. The molecule has 4 N–H and O–H groups in total. The van der Waals surface area contributed by atoms with Crippen molar-refractivity contribution in [3.8, 4) is 0 Å². The standard InChI is InChI=1S/C7H14F3N3O/c1-6(2,3-11)13-5(14)12-4-7(8,9)10/h3-4,11H2,1-2H3,(H2,12,13,14). The van der Waals surface area contributed by atoms with E-state index in [1.807, 2.05) is 0 Å². The summed E-state index contributed by atoms with van der Waals surface area (Å²) >= 11 is 0. The molecule has 0 saturated carbocycles. The van der Waals surface area contributed by atoms with E-state index in [4.69, 9.17) is 5.73 Å². The highest BCUT2D eigenvalue weighted by Gasteiger charge is 2.28. The number of amides is 2. The highest BCUT2D eigenvalue weighted by Crippen LogP contribution is 2.12. The van der Waals surface area contributed by atoms with E-state index in [1.54, 1.807) is 19.2 Å². The molecule has 0 saturated heterocycles. The molecule has 0 aromatic heterocycles. The molecule has 0 atom stereocenters. The number of carbonyl (C=O) groups excluding carboxylic acids is 1. The van der Waals surface area contributed by atoms with Gasteiger partial charge in [0.05, 0.1) is 0 Å². The Bertz CT molecular complexity index is 203. The predicted molar refractivity (Wildman–Crippen MR) is 45.7 cm³/mol. The summed E-state index contributed by atoms with van der Waals surface area (Å²) in [5.74, 6) is 0. The number of halogens is 3. The lowest BCUT2D eigenvalue weighted by molar-refractivity contribution is -0.122. The fourth-order valence-corrected chi connectivity index (χ4v) is 0.583. The first-order valence-corrected chi connectivity index (χ1v) is 3.99. The molecule has 0 aromatic rings. The summed E-state index contributed by atoms with van der Waals surface area (Å²) in [6.45, 7) is 2.02. The van der Waals surface area contributed by atoms with Crippen molar-refractivity contribution in [2.45, 2.75) is 25.6 Å². The summed E-state index contributed by atoms with van der Waals surface area (Å²) in [6.07, 6.45) is -4.40. The van der Waals surface area contributed by atoms with E-state index in [0.717, 1.165) is 0 Å². The zero-order valence-electron chi connectivity index (χ0n) is 8.03. The summed E-state index contributed by atoms with van der Waals surface area (Å²) in [5, 5.41) is 3.99. The van der Waals surface area contributed by atoms with Crippen LogP contribution in [0, 0.1) is 0 Å². The van der Waals surface area contributed by atoms with Gasteiger partial charge in [0.15, 0.2) is 0 Å². The molecule has 0 fully saturated rings. The molecule has 4 nitrogen and oxygen atoms in total. The molecular weight excluding hydrogens is 199 g/mol. The van der Waals surface area contributed by atoms with E-state index < -0.39 is 24.3 Å². The van der Waals surface area contributed by atoms with Crippen molar-refractivity contribution in [1.29, 1.82) is 0 Å². The Hall–Kier alpha value is -0.980. The van der Waals surface area contributed by atoms with Crippen molar-refractivity contribution in [1.82, 2.24) is 10.6 Å². The predicted octanol–water partition coefficient (Wildman–Crippen LogP) is 0.585. The SMILES string of the molecule is CC(C)(CN)NC(=O)NCC(F)(F)F. The van der Waals surface area contributed by atoms with Gasteiger partial charge in [0.1, 0.15) is 6.54 Å². The molecule has 84 valence electrons. The van der Waals surface area contributed by atoms with Crippen molar-refractivity contribution in [3.63, 3.8) is 0 Å². The molecule has 0 aromatic carbocycles. The van der Waals surface area contributed by atoms with Crippen LogP contribution in [-0.2, 0) is 0 Å². The number of alkyl halides is 3. The van der Waals surface area contributed by atoms with Gasteiger partial charge in [-0.3, -0.25) is 0 Å². The maximum Gasteiger partial charge on any atom is 0.405 e. The first kappa shape index (κ1) is 13.0. The molecule has 0 bridgehead atoms. The largest absolute Gasteiger partial charge is 0.405 e. The highest BCUT2D eigenvalue weighted by atomic mass is 19.4. The first-order chi connectivity index (χ1) is 6.16. The van der Waals surface area contributed by atoms with E-state index in [1.165, 1.54) is 0 Å². The molecular formula is C7H14F3N3O. The quantitative estimate of drug-likeness (QED) is 0.642. The third-order valence-corrected chi connectivity index (χ3v) is 1.41. The van der Waals surface area contributed by atoms with E-state index >= 15 is 0 Å². The zero-order chi connectivity index (χ0) is 11.4. The summed E-state index contributed by atoms with van der Waals surface area (Å²) in [4.78, 5) is 10.9. The fourth-order valence-electron chi connectivity index (χ4n) is 0.583. The van der Waals surface area contributed by atoms with E-state index in [9.17, 15) is 18.0 Å². The minimum atomic E-state index is -4.40. The molecule has 0 aliphatic carbocycles. The Kier molecular flexibility index (Phi) is 4.18. The summed E-state index contributed by atoms with van der Waals surface area (Å²) < 4.78 is 35.0. The van der Waals surface area contributed by atoms with Crippen molar-refractivity contribution >= 4 is 6.03 Å². The molecule has 0 spiro atoms. The minimum absolute atomic E-state index is 0.145. The van der Waals surface area contributed by atoms with Crippen LogP contribution in [-0.4, -0.2) is 30.8 Å².